The number of benzene rings is 2. The molecule has 6 nitrogen and oxygen atoms in total. The van der Waals surface area contributed by atoms with Crippen LogP contribution in [0.15, 0.2) is 57.2 Å². The van der Waals surface area contributed by atoms with E-state index in [1.54, 1.807) is 53.9 Å². The van der Waals surface area contributed by atoms with Gasteiger partial charge in [0.25, 0.3) is 11.8 Å². The number of carbonyl (C=O) groups is 2. The molecule has 1 N–H and O–H groups in total. The normalized spacial score (nSPS) is 14.5. The molecule has 2 aromatic carbocycles. The molecule has 1 aromatic heterocycles. The number of hydrazine groups is 1. The van der Waals surface area contributed by atoms with E-state index in [0.29, 0.717) is 41.4 Å². The molecule has 2 amide bonds. The highest BCUT2D eigenvalue weighted by atomic mass is 79.9. The van der Waals surface area contributed by atoms with Crippen LogP contribution in [0.2, 0.25) is 10.0 Å². The monoisotopic (exact) mass is 628 g/mol. The Morgan fingerprint density at radius 1 is 1.26 bits per heavy atom. The van der Waals surface area contributed by atoms with Gasteiger partial charge in [0, 0.05) is 15.6 Å². The molecule has 0 aliphatic carbocycles. The number of thiocarbonyl (C=S) groups is 1. The zero-order valence-electron chi connectivity index (χ0n) is 17.8. The van der Waals surface area contributed by atoms with E-state index in [1.807, 2.05) is 0 Å². The van der Waals surface area contributed by atoms with Gasteiger partial charge in [0.1, 0.15) is 6.61 Å². The van der Waals surface area contributed by atoms with Crippen molar-refractivity contribution in [3.05, 3.63) is 83.3 Å². The lowest BCUT2D eigenvalue weighted by Gasteiger charge is -2.15. The summed E-state index contributed by atoms with van der Waals surface area (Å²) in [4.78, 5) is 26.1. The number of halogens is 3. The van der Waals surface area contributed by atoms with Crippen molar-refractivity contribution in [1.29, 1.82) is 0 Å². The van der Waals surface area contributed by atoms with E-state index < -0.39 is 11.8 Å². The molecular formula is C23H15BrCl2N2O4S3. The summed E-state index contributed by atoms with van der Waals surface area (Å²) in [5.74, 6) is 0.116. The zero-order valence-corrected chi connectivity index (χ0v) is 23.4. The molecule has 0 saturated carbocycles. The van der Waals surface area contributed by atoms with Crippen LogP contribution in [0, 0.1) is 0 Å². The van der Waals surface area contributed by atoms with E-state index in [4.69, 9.17) is 44.9 Å². The molecule has 180 valence electrons. The Balaban J connectivity index is 1.52. The average Bonchev–Trinajstić information content (AvgIpc) is 3.44. The summed E-state index contributed by atoms with van der Waals surface area (Å²) < 4.78 is 12.3. The van der Waals surface area contributed by atoms with Gasteiger partial charge in [-0.05, 0) is 75.5 Å². The highest BCUT2D eigenvalue weighted by molar-refractivity contribution is 9.10. The molecule has 0 radical (unpaired) electrons. The summed E-state index contributed by atoms with van der Waals surface area (Å²) in [6.45, 7) is 0.201. The number of thiophene rings is 1. The van der Waals surface area contributed by atoms with Gasteiger partial charge in [0.2, 0.25) is 0 Å². The highest BCUT2D eigenvalue weighted by Crippen LogP contribution is 2.39. The predicted octanol–water partition coefficient (Wildman–Crippen LogP) is 6.95. The van der Waals surface area contributed by atoms with Crippen molar-refractivity contribution in [2.45, 2.75) is 6.61 Å². The molecular weight excluding hydrogens is 615 g/mol. The molecule has 2 heterocycles. The topological polar surface area (TPSA) is 67.9 Å². The second-order valence-corrected chi connectivity index (χ2v) is 11.3. The lowest BCUT2D eigenvalue weighted by atomic mass is 10.1. The predicted molar refractivity (Wildman–Crippen MR) is 148 cm³/mol. The van der Waals surface area contributed by atoms with Crippen molar-refractivity contribution in [2.75, 3.05) is 7.11 Å². The molecule has 3 aromatic rings. The Labute approximate surface area is 233 Å². The first kappa shape index (κ1) is 26.0. The SMILES string of the molecule is COc1cc(/C=C2/SC(=S)N(NC(=O)c3cccs3)C2=O)cc(Br)c1OCc1ccc(Cl)cc1Cl. The van der Waals surface area contributed by atoms with E-state index in [1.165, 1.54) is 18.4 Å². The minimum Gasteiger partial charge on any atom is -0.493 e. The molecule has 4 rings (SSSR count). The number of carbonyl (C=O) groups excluding carboxylic acids is 2. The number of nitrogens with zero attached hydrogens (tertiary/aromatic N) is 1. The van der Waals surface area contributed by atoms with Gasteiger partial charge in [-0.2, -0.15) is 5.01 Å². The third-order valence-corrected chi connectivity index (χ3v) is 8.04. The van der Waals surface area contributed by atoms with Crippen LogP contribution in [0.25, 0.3) is 6.08 Å². The summed E-state index contributed by atoms with van der Waals surface area (Å²) in [6, 6.07) is 12.1. The van der Waals surface area contributed by atoms with Crippen LogP contribution in [0.3, 0.4) is 0 Å². The Bertz CT molecular complexity index is 1350. The number of methoxy groups -OCH3 is 1. The number of hydrogen-bond acceptors (Lipinski definition) is 7. The molecule has 1 fully saturated rings. The second-order valence-electron chi connectivity index (χ2n) is 6.99. The fourth-order valence-electron chi connectivity index (χ4n) is 3.03. The Hall–Kier alpha value is -2.08. The standard InChI is InChI=1S/C23H15BrCl2N2O4S3/c1-31-17-8-12(7-15(24)20(17)32-11-13-4-5-14(25)10-16(13)26)9-19-22(30)28(23(33)35-19)27-21(29)18-3-2-6-34-18/h2-10H,11H2,1H3,(H,27,29)/b19-9+. The van der Waals surface area contributed by atoms with Crippen molar-refractivity contribution >= 4 is 96.7 Å². The molecule has 0 unspecified atom stereocenters. The molecule has 12 heteroatoms. The summed E-state index contributed by atoms with van der Waals surface area (Å²) >= 11 is 23.4. The molecule has 1 aliphatic heterocycles. The third-order valence-electron chi connectivity index (χ3n) is 4.69. The van der Waals surface area contributed by atoms with Crippen molar-refractivity contribution in [2.24, 2.45) is 0 Å². The van der Waals surface area contributed by atoms with Gasteiger partial charge in [0.05, 0.1) is 21.4 Å². The van der Waals surface area contributed by atoms with Gasteiger partial charge < -0.3 is 9.47 Å². The Kier molecular flexibility index (Phi) is 8.41. The lowest BCUT2D eigenvalue weighted by molar-refractivity contribution is -0.123. The van der Waals surface area contributed by atoms with E-state index >= 15 is 0 Å². The fourth-order valence-corrected chi connectivity index (χ4v) is 5.86. The van der Waals surface area contributed by atoms with Crippen molar-refractivity contribution in [1.82, 2.24) is 10.4 Å². The third kappa shape index (κ3) is 6.02. The van der Waals surface area contributed by atoms with Crippen molar-refractivity contribution in [3.63, 3.8) is 0 Å². The van der Waals surface area contributed by atoms with Gasteiger partial charge in [-0.1, -0.05) is 47.1 Å². The van der Waals surface area contributed by atoms with Crippen LogP contribution >= 0.6 is 74.4 Å². The first-order valence-electron chi connectivity index (χ1n) is 9.83. The highest BCUT2D eigenvalue weighted by Gasteiger charge is 2.34. The van der Waals surface area contributed by atoms with Crippen LogP contribution < -0.4 is 14.9 Å². The van der Waals surface area contributed by atoms with E-state index in [2.05, 4.69) is 21.4 Å². The summed E-state index contributed by atoms with van der Waals surface area (Å²) in [5.41, 5.74) is 4.00. The summed E-state index contributed by atoms with van der Waals surface area (Å²) in [7, 11) is 1.52. The Morgan fingerprint density at radius 2 is 2.06 bits per heavy atom. The van der Waals surface area contributed by atoms with Gasteiger partial charge in [-0.15, -0.1) is 11.3 Å². The summed E-state index contributed by atoms with van der Waals surface area (Å²) in [5, 5.41) is 3.89. The number of rotatable bonds is 7. The summed E-state index contributed by atoms with van der Waals surface area (Å²) in [6.07, 6.45) is 1.67. The zero-order chi connectivity index (χ0) is 25.1. The first-order chi connectivity index (χ1) is 16.8. The smallest absolute Gasteiger partial charge is 0.285 e. The molecule has 35 heavy (non-hydrogen) atoms. The maximum absolute atomic E-state index is 12.9. The number of amides is 2. The molecule has 1 aliphatic rings. The quantitative estimate of drug-likeness (QED) is 0.225. The fraction of sp³-hybridized carbons (Fsp3) is 0.0870. The van der Waals surface area contributed by atoms with Gasteiger partial charge >= 0.3 is 0 Å². The van der Waals surface area contributed by atoms with E-state index in [-0.39, 0.29) is 10.9 Å². The molecule has 1 saturated heterocycles. The minimum atomic E-state index is -0.419. The number of ether oxygens (including phenoxy) is 2. The van der Waals surface area contributed by atoms with Crippen LogP contribution in [-0.4, -0.2) is 28.3 Å². The maximum Gasteiger partial charge on any atom is 0.285 e. The maximum atomic E-state index is 12.9. The van der Waals surface area contributed by atoms with Crippen molar-refractivity contribution < 1.29 is 19.1 Å². The number of nitrogens with one attached hydrogen (secondary N) is 1. The van der Waals surface area contributed by atoms with Crippen molar-refractivity contribution in [3.8, 4) is 11.5 Å². The van der Waals surface area contributed by atoms with E-state index in [9.17, 15) is 9.59 Å². The van der Waals surface area contributed by atoms with E-state index in [0.717, 1.165) is 22.3 Å². The number of hydrogen-bond donors (Lipinski definition) is 1. The minimum absolute atomic E-state index is 0.201. The molecule has 0 bridgehead atoms. The largest absolute Gasteiger partial charge is 0.493 e. The average molecular weight is 630 g/mol. The van der Waals surface area contributed by atoms with Crippen LogP contribution in [0.1, 0.15) is 20.8 Å². The van der Waals surface area contributed by atoms with Crippen LogP contribution in [0.5, 0.6) is 11.5 Å². The number of thioether (sulfide) groups is 1. The first-order valence-corrected chi connectivity index (χ1v) is 13.5. The molecule has 0 spiro atoms. The van der Waals surface area contributed by atoms with Gasteiger partial charge in [-0.25, -0.2) is 0 Å². The second kappa shape index (κ2) is 11.3. The molecule has 0 atom stereocenters. The van der Waals surface area contributed by atoms with Gasteiger partial charge in [0.15, 0.2) is 15.8 Å². The Morgan fingerprint density at radius 3 is 2.74 bits per heavy atom. The van der Waals surface area contributed by atoms with Crippen LogP contribution in [0.4, 0.5) is 0 Å². The van der Waals surface area contributed by atoms with Crippen LogP contribution in [-0.2, 0) is 11.4 Å². The van der Waals surface area contributed by atoms with Gasteiger partial charge in [-0.3, -0.25) is 15.0 Å². The lowest BCUT2D eigenvalue weighted by Crippen LogP contribution is -2.44.